The van der Waals surface area contributed by atoms with Crippen LogP contribution in [0.15, 0.2) is 36.4 Å². The molecule has 3 rings (SSSR count). The molecule has 0 radical (unpaired) electrons. The molecule has 0 amide bonds. The fourth-order valence-corrected chi connectivity index (χ4v) is 2.64. The number of para-hydroxylation sites is 1. The standard InChI is InChI=1S/C15H14ClN5/c16-15-18-12(11-17)10-14(19-15)21-8-6-20(7-9-21)13-4-2-1-3-5-13/h1-5,10H,6-9H2. The minimum Gasteiger partial charge on any atom is -0.368 e. The van der Waals surface area contributed by atoms with Crippen molar-refractivity contribution in [2.24, 2.45) is 0 Å². The Hall–Kier alpha value is -2.32. The molecule has 1 aliphatic rings. The molecule has 0 N–H and O–H groups in total. The van der Waals surface area contributed by atoms with Crippen LogP contribution in [-0.2, 0) is 0 Å². The van der Waals surface area contributed by atoms with Gasteiger partial charge >= 0.3 is 0 Å². The lowest BCUT2D eigenvalue weighted by Crippen LogP contribution is -2.46. The van der Waals surface area contributed by atoms with Crippen molar-refractivity contribution in [2.45, 2.75) is 0 Å². The van der Waals surface area contributed by atoms with Crippen LogP contribution in [0, 0.1) is 11.3 Å². The molecule has 5 nitrogen and oxygen atoms in total. The molecule has 1 aromatic heterocycles. The number of rotatable bonds is 2. The Labute approximate surface area is 128 Å². The van der Waals surface area contributed by atoms with E-state index >= 15 is 0 Å². The van der Waals surface area contributed by atoms with Crippen LogP contribution < -0.4 is 9.80 Å². The quantitative estimate of drug-likeness (QED) is 0.797. The lowest BCUT2D eigenvalue weighted by Gasteiger charge is -2.36. The van der Waals surface area contributed by atoms with Gasteiger partial charge in [0.1, 0.15) is 17.6 Å². The monoisotopic (exact) mass is 299 g/mol. The van der Waals surface area contributed by atoms with Gasteiger partial charge in [-0.15, -0.1) is 0 Å². The highest BCUT2D eigenvalue weighted by Gasteiger charge is 2.19. The summed E-state index contributed by atoms with van der Waals surface area (Å²) in [6, 6.07) is 14.0. The average molecular weight is 300 g/mol. The van der Waals surface area contributed by atoms with Crippen molar-refractivity contribution in [3.8, 4) is 6.07 Å². The zero-order chi connectivity index (χ0) is 14.7. The predicted molar refractivity (Wildman–Crippen MR) is 82.6 cm³/mol. The van der Waals surface area contributed by atoms with Crippen molar-refractivity contribution in [3.63, 3.8) is 0 Å². The van der Waals surface area contributed by atoms with Gasteiger partial charge in [-0.3, -0.25) is 0 Å². The van der Waals surface area contributed by atoms with Crippen molar-refractivity contribution in [1.82, 2.24) is 9.97 Å². The van der Waals surface area contributed by atoms with Crippen molar-refractivity contribution in [1.29, 1.82) is 5.26 Å². The van der Waals surface area contributed by atoms with Gasteiger partial charge in [-0.25, -0.2) is 9.97 Å². The number of hydrogen-bond acceptors (Lipinski definition) is 5. The molecule has 106 valence electrons. The SMILES string of the molecule is N#Cc1cc(N2CCN(c3ccccc3)CC2)nc(Cl)n1. The molecule has 2 heterocycles. The Morgan fingerprint density at radius 2 is 1.67 bits per heavy atom. The summed E-state index contributed by atoms with van der Waals surface area (Å²) in [7, 11) is 0. The van der Waals surface area contributed by atoms with Crippen molar-refractivity contribution >= 4 is 23.1 Å². The highest BCUT2D eigenvalue weighted by Crippen LogP contribution is 2.20. The van der Waals surface area contributed by atoms with E-state index in [0.717, 1.165) is 32.0 Å². The first kappa shape index (κ1) is 13.7. The molecular formula is C15H14ClN5. The minimum absolute atomic E-state index is 0.120. The Kier molecular flexibility index (Phi) is 3.89. The lowest BCUT2D eigenvalue weighted by molar-refractivity contribution is 0.646. The Balaban J connectivity index is 1.71. The van der Waals surface area contributed by atoms with Crippen LogP contribution in [0.1, 0.15) is 5.69 Å². The van der Waals surface area contributed by atoms with E-state index < -0.39 is 0 Å². The van der Waals surface area contributed by atoms with Crippen molar-refractivity contribution in [3.05, 3.63) is 47.4 Å². The molecule has 1 aromatic carbocycles. The van der Waals surface area contributed by atoms with Gasteiger partial charge in [0.25, 0.3) is 0 Å². The zero-order valence-electron chi connectivity index (χ0n) is 11.4. The van der Waals surface area contributed by atoms with Gasteiger partial charge in [-0.05, 0) is 23.7 Å². The maximum Gasteiger partial charge on any atom is 0.225 e. The summed E-state index contributed by atoms with van der Waals surface area (Å²) in [5, 5.41) is 9.07. The van der Waals surface area contributed by atoms with Crippen LogP contribution in [0.5, 0.6) is 0 Å². The molecule has 0 atom stereocenters. The number of hydrogen-bond donors (Lipinski definition) is 0. The zero-order valence-corrected chi connectivity index (χ0v) is 12.2. The Bertz CT molecular complexity index is 660. The predicted octanol–water partition coefficient (Wildman–Crippen LogP) is 2.33. The van der Waals surface area contributed by atoms with Crippen LogP contribution in [0.3, 0.4) is 0 Å². The topological polar surface area (TPSA) is 56.1 Å². The fraction of sp³-hybridized carbons (Fsp3) is 0.267. The van der Waals surface area contributed by atoms with Crippen molar-refractivity contribution in [2.75, 3.05) is 36.0 Å². The van der Waals surface area contributed by atoms with Gasteiger partial charge in [0.2, 0.25) is 5.28 Å². The Morgan fingerprint density at radius 1 is 1.00 bits per heavy atom. The van der Waals surface area contributed by atoms with Crippen LogP contribution in [0.25, 0.3) is 0 Å². The second-order valence-corrected chi connectivity index (χ2v) is 5.14. The molecule has 21 heavy (non-hydrogen) atoms. The third-order valence-corrected chi connectivity index (χ3v) is 3.69. The molecule has 0 spiro atoms. The molecular weight excluding hydrogens is 286 g/mol. The van der Waals surface area contributed by atoms with E-state index in [2.05, 4.69) is 31.9 Å². The first-order chi connectivity index (χ1) is 10.3. The Morgan fingerprint density at radius 3 is 2.33 bits per heavy atom. The maximum absolute atomic E-state index is 8.95. The number of anilines is 2. The van der Waals surface area contributed by atoms with E-state index in [4.69, 9.17) is 16.9 Å². The molecule has 0 bridgehead atoms. The second kappa shape index (κ2) is 5.98. The van der Waals surface area contributed by atoms with Crippen LogP contribution >= 0.6 is 11.6 Å². The summed E-state index contributed by atoms with van der Waals surface area (Å²) in [5.74, 6) is 0.722. The largest absolute Gasteiger partial charge is 0.368 e. The van der Waals surface area contributed by atoms with Crippen LogP contribution in [0.4, 0.5) is 11.5 Å². The van der Waals surface area contributed by atoms with E-state index in [1.54, 1.807) is 6.07 Å². The summed E-state index contributed by atoms with van der Waals surface area (Å²) in [6.45, 7) is 3.50. The van der Waals surface area contributed by atoms with E-state index in [0.29, 0.717) is 5.69 Å². The number of nitrogens with zero attached hydrogens (tertiary/aromatic N) is 5. The average Bonchev–Trinajstić information content (AvgIpc) is 2.55. The van der Waals surface area contributed by atoms with Gasteiger partial charge < -0.3 is 9.80 Å². The normalized spacial score (nSPS) is 14.9. The van der Waals surface area contributed by atoms with Crippen LogP contribution in [-0.4, -0.2) is 36.1 Å². The highest BCUT2D eigenvalue weighted by atomic mass is 35.5. The molecule has 2 aromatic rings. The molecule has 1 saturated heterocycles. The molecule has 1 aliphatic heterocycles. The fourth-order valence-electron chi connectivity index (χ4n) is 2.46. The highest BCUT2D eigenvalue weighted by molar-refractivity contribution is 6.28. The number of benzene rings is 1. The summed E-state index contributed by atoms with van der Waals surface area (Å²) in [5.41, 5.74) is 1.53. The molecule has 0 aliphatic carbocycles. The summed E-state index contributed by atoms with van der Waals surface area (Å²) in [4.78, 5) is 12.6. The number of piperazine rings is 1. The molecule has 6 heteroatoms. The number of nitriles is 1. The summed E-state index contributed by atoms with van der Waals surface area (Å²) in [6.07, 6.45) is 0. The molecule has 0 saturated carbocycles. The second-order valence-electron chi connectivity index (χ2n) is 4.80. The van der Waals surface area contributed by atoms with E-state index in [-0.39, 0.29) is 5.28 Å². The van der Waals surface area contributed by atoms with Gasteiger partial charge in [-0.2, -0.15) is 5.26 Å². The van der Waals surface area contributed by atoms with E-state index in [1.165, 1.54) is 5.69 Å². The summed E-state index contributed by atoms with van der Waals surface area (Å²) >= 11 is 5.86. The van der Waals surface area contributed by atoms with E-state index in [9.17, 15) is 0 Å². The van der Waals surface area contributed by atoms with E-state index in [1.807, 2.05) is 24.3 Å². The first-order valence-corrected chi connectivity index (χ1v) is 7.14. The number of aromatic nitrogens is 2. The number of halogens is 1. The summed E-state index contributed by atoms with van der Waals surface area (Å²) < 4.78 is 0. The van der Waals surface area contributed by atoms with Gasteiger partial charge in [0.05, 0.1) is 0 Å². The first-order valence-electron chi connectivity index (χ1n) is 6.76. The van der Waals surface area contributed by atoms with Gasteiger partial charge in [0, 0.05) is 37.9 Å². The molecule has 0 unspecified atom stereocenters. The third-order valence-electron chi connectivity index (χ3n) is 3.52. The van der Waals surface area contributed by atoms with Gasteiger partial charge in [0.15, 0.2) is 0 Å². The minimum atomic E-state index is 0.120. The van der Waals surface area contributed by atoms with Crippen LogP contribution in [0.2, 0.25) is 5.28 Å². The third kappa shape index (κ3) is 3.06. The molecule has 1 fully saturated rings. The maximum atomic E-state index is 8.95. The lowest BCUT2D eigenvalue weighted by atomic mass is 10.2. The van der Waals surface area contributed by atoms with Gasteiger partial charge in [-0.1, -0.05) is 18.2 Å². The smallest absolute Gasteiger partial charge is 0.225 e. The van der Waals surface area contributed by atoms with Crippen molar-refractivity contribution < 1.29 is 0 Å².